The van der Waals surface area contributed by atoms with Crippen LogP contribution >= 0.6 is 0 Å². The normalized spacial score (nSPS) is 24.7. The number of hydrazine groups is 1. The third kappa shape index (κ3) is 3.21. The molecule has 2 saturated heterocycles. The number of pyridine rings is 1. The molecule has 0 radical (unpaired) electrons. The molecule has 0 spiro atoms. The molecule has 2 aliphatic rings. The summed E-state index contributed by atoms with van der Waals surface area (Å²) in [4.78, 5) is 20.5. The molecule has 2 aliphatic heterocycles. The Hall–Kier alpha value is -2.75. The van der Waals surface area contributed by atoms with E-state index in [1.807, 2.05) is 17.7 Å². The summed E-state index contributed by atoms with van der Waals surface area (Å²) in [5.74, 6) is 0.147. The topological polar surface area (TPSA) is 112 Å². The Kier molecular flexibility index (Phi) is 4.38. The molecular weight excluding hydrogens is 368 g/mol. The zero-order valence-corrected chi connectivity index (χ0v) is 16.8. The summed E-state index contributed by atoms with van der Waals surface area (Å²) in [6.45, 7) is 8.06. The van der Waals surface area contributed by atoms with Crippen LogP contribution in [0.3, 0.4) is 0 Å². The van der Waals surface area contributed by atoms with Gasteiger partial charge in [0, 0.05) is 36.3 Å². The number of hydrogen-bond acceptors (Lipinski definition) is 6. The van der Waals surface area contributed by atoms with Gasteiger partial charge in [0.1, 0.15) is 11.7 Å². The molecule has 9 heteroatoms. The monoisotopic (exact) mass is 394 g/mol. The number of fused-ring (bicyclic) bond motifs is 1. The fraction of sp³-hybridized carbons (Fsp3) is 0.450. The van der Waals surface area contributed by atoms with Crippen LogP contribution in [0.25, 0.3) is 22.3 Å². The molecule has 9 nitrogen and oxygen atoms in total. The summed E-state index contributed by atoms with van der Waals surface area (Å²) in [7, 11) is 0. The van der Waals surface area contributed by atoms with E-state index in [1.165, 1.54) is 0 Å². The number of aromatic nitrogens is 4. The number of carbonyl (C=O) groups is 1. The molecule has 5 rings (SSSR count). The first-order chi connectivity index (χ1) is 14.0. The Morgan fingerprint density at radius 2 is 2.07 bits per heavy atom. The molecule has 0 aromatic carbocycles. The number of carbonyl (C=O) groups excluding carboxylic acids is 1. The smallest absolute Gasteiger partial charge is 0.243 e. The van der Waals surface area contributed by atoms with Crippen molar-refractivity contribution in [3.63, 3.8) is 0 Å². The van der Waals surface area contributed by atoms with E-state index < -0.39 is 0 Å². The average Bonchev–Trinajstić information content (AvgIpc) is 3.31. The highest BCUT2D eigenvalue weighted by Crippen LogP contribution is 2.28. The maximum absolute atomic E-state index is 12.6. The van der Waals surface area contributed by atoms with Crippen molar-refractivity contribution in [3.8, 4) is 11.3 Å². The van der Waals surface area contributed by atoms with Crippen LogP contribution in [0, 0.1) is 12.8 Å². The second-order valence-corrected chi connectivity index (χ2v) is 8.17. The predicted molar refractivity (Wildman–Crippen MR) is 111 cm³/mol. The summed E-state index contributed by atoms with van der Waals surface area (Å²) in [6.07, 6.45) is 3.78. The molecule has 3 atom stereocenters. The van der Waals surface area contributed by atoms with Crippen molar-refractivity contribution in [1.29, 1.82) is 0 Å². The molecule has 3 aromatic heterocycles. The predicted octanol–water partition coefficient (Wildman–Crippen LogP) is 1.32. The van der Waals surface area contributed by atoms with Gasteiger partial charge in [-0.25, -0.2) is 10.4 Å². The van der Waals surface area contributed by atoms with E-state index in [2.05, 4.69) is 62.7 Å². The zero-order chi connectivity index (χ0) is 20.1. The van der Waals surface area contributed by atoms with Gasteiger partial charge in [0.05, 0.1) is 29.3 Å². The van der Waals surface area contributed by atoms with Crippen LogP contribution < -0.4 is 21.5 Å². The molecule has 3 unspecified atom stereocenters. The first kappa shape index (κ1) is 18.3. The van der Waals surface area contributed by atoms with Gasteiger partial charge in [-0.1, -0.05) is 6.92 Å². The molecule has 29 heavy (non-hydrogen) atoms. The van der Waals surface area contributed by atoms with Crippen molar-refractivity contribution in [2.45, 2.75) is 38.9 Å². The van der Waals surface area contributed by atoms with Crippen molar-refractivity contribution < 1.29 is 4.79 Å². The van der Waals surface area contributed by atoms with E-state index >= 15 is 0 Å². The average molecular weight is 394 g/mol. The number of aryl methyl sites for hydroxylation is 1. The molecular formula is C20H26N8O. The Bertz CT molecular complexity index is 1070. The standard InChI is InChI=1S/C20H26N8O/c1-10-11(2)25-26-18(10)20(29)23-14-4-13-5-17(24-19(13)22-6-14)16-9-28(27-12(16)3)15-7-21-8-15/h4-6,9-11,15,18,21,25-26H,7-8H2,1-3H3,(H,22,24)(H,23,29). The number of nitrogens with one attached hydrogen (secondary N) is 5. The van der Waals surface area contributed by atoms with Crippen molar-refractivity contribution in [3.05, 3.63) is 30.2 Å². The Balaban J connectivity index is 1.38. The van der Waals surface area contributed by atoms with Gasteiger partial charge in [0.25, 0.3) is 0 Å². The second kappa shape index (κ2) is 6.94. The number of rotatable bonds is 4. The largest absolute Gasteiger partial charge is 0.339 e. The number of amides is 1. The number of aromatic amines is 1. The lowest BCUT2D eigenvalue weighted by Gasteiger charge is -2.27. The first-order valence-corrected chi connectivity index (χ1v) is 10.1. The van der Waals surface area contributed by atoms with E-state index in [4.69, 9.17) is 0 Å². The molecule has 0 bridgehead atoms. The van der Waals surface area contributed by atoms with Gasteiger partial charge in [-0.3, -0.25) is 14.9 Å². The maximum Gasteiger partial charge on any atom is 0.243 e. The van der Waals surface area contributed by atoms with Crippen molar-refractivity contribution >= 4 is 22.6 Å². The summed E-state index contributed by atoms with van der Waals surface area (Å²) < 4.78 is 2.04. The number of anilines is 1. The van der Waals surface area contributed by atoms with Crippen molar-refractivity contribution in [2.75, 3.05) is 18.4 Å². The number of hydrogen-bond donors (Lipinski definition) is 5. The highest BCUT2D eigenvalue weighted by molar-refractivity contribution is 5.97. The fourth-order valence-electron chi connectivity index (χ4n) is 3.92. The summed E-state index contributed by atoms with van der Waals surface area (Å²) in [5, 5.41) is 11.9. The molecule has 2 fully saturated rings. The van der Waals surface area contributed by atoms with E-state index in [0.717, 1.165) is 41.1 Å². The second-order valence-electron chi connectivity index (χ2n) is 8.17. The van der Waals surface area contributed by atoms with Crippen LogP contribution in [0.15, 0.2) is 24.5 Å². The SMILES string of the molecule is Cc1nn(C2CNC2)cc1-c1cc2cc(NC(=O)C3NNC(C)C3C)cnc2[nH]1. The van der Waals surface area contributed by atoms with E-state index in [1.54, 1.807) is 6.20 Å². The van der Waals surface area contributed by atoms with Gasteiger partial charge >= 0.3 is 0 Å². The minimum Gasteiger partial charge on any atom is -0.339 e. The number of H-pyrrole nitrogens is 1. The van der Waals surface area contributed by atoms with Crippen LogP contribution in [-0.2, 0) is 4.79 Å². The van der Waals surface area contributed by atoms with Gasteiger partial charge in [0.2, 0.25) is 5.91 Å². The first-order valence-electron chi connectivity index (χ1n) is 10.1. The highest BCUT2D eigenvalue weighted by Gasteiger charge is 2.34. The Morgan fingerprint density at radius 1 is 1.24 bits per heavy atom. The molecule has 152 valence electrons. The molecule has 1 amide bonds. The van der Waals surface area contributed by atoms with Crippen LogP contribution in [-0.4, -0.2) is 50.8 Å². The van der Waals surface area contributed by atoms with E-state index in [9.17, 15) is 4.79 Å². The molecule has 5 heterocycles. The molecule has 0 aliphatic carbocycles. The minimum atomic E-state index is -0.267. The molecule has 0 saturated carbocycles. The van der Waals surface area contributed by atoms with Gasteiger partial charge in [0.15, 0.2) is 0 Å². The van der Waals surface area contributed by atoms with Crippen LogP contribution in [0.5, 0.6) is 0 Å². The third-order valence-electron chi connectivity index (χ3n) is 6.14. The summed E-state index contributed by atoms with van der Waals surface area (Å²) in [5.41, 5.74) is 10.7. The highest BCUT2D eigenvalue weighted by atomic mass is 16.2. The van der Waals surface area contributed by atoms with E-state index in [-0.39, 0.29) is 23.9 Å². The lowest BCUT2D eigenvalue weighted by Crippen LogP contribution is -2.43. The minimum absolute atomic E-state index is 0.0579. The van der Waals surface area contributed by atoms with Crippen molar-refractivity contribution in [1.82, 2.24) is 35.9 Å². The van der Waals surface area contributed by atoms with Gasteiger partial charge in [-0.05, 0) is 31.9 Å². The van der Waals surface area contributed by atoms with Gasteiger partial charge in [-0.15, -0.1) is 0 Å². The summed E-state index contributed by atoms with van der Waals surface area (Å²) in [6, 6.07) is 4.42. The third-order valence-corrected chi connectivity index (χ3v) is 6.14. The lowest BCUT2D eigenvalue weighted by molar-refractivity contribution is -0.118. The van der Waals surface area contributed by atoms with E-state index in [0.29, 0.717) is 11.7 Å². The quantitative estimate of drug-likeness (QED) is 0.456. The molecule has 3 aromatic rings. The van der Waals surface area contributed by atoms with Gasteiger partial charge < -0.3 is 15.6 Å². The van der Waals surface area contributed by atoms with Gasteiger partial charge in [-0.2, -0.15) is 5.10 Å². The molecule has 5 N–H and O–H groups in total. The van der Waals surface area contributed by atoms with Crippen LogP contribution in [0.2, 0.25) is 0 Å². The Morgan fingerprint density at radius 3 is 2.76 bits per heavy atom. The Labute approximate surface area is 168 Å². The number of nitrogens with zero attached hydrogens (tertiary/aromatic N) is 3. The zero-order valence-electron chi connectivity index (χ0n) is 16.8. The van der Waals surface area contributed by atoms with Crippen LogP contribution in [0.4, 0.5) is 5.69 Å². The fourth-order valence-corrected chi connectivity index (χ4v) is 3.92. The summed E-state index contributed by atoms with van der Waals surface area (Å²) >= 11 is 0. The van der Waals surface area contributed by atoms with Crippen molar-refractivity contribution in [2.24, 2.45) is 5.92 Å². The maximum atomic E-state index is 12.6. The van der Waals surface area contributed by atoms with Crippen LogP contribution in [0.1, 0.15) is 25.6 Å². The lowest BCUT2D eigenvalue weighted by atomic mass is 9.97.